The predicted molar refractivity (Wildman–Crippen MR) is 88.6 cm³/mol. The van der Waals surface area contributed by atoms with E-state index in [1.54, 1.807) is 0 Å². The topological polar surface area (TPSA) is 52.9 Å². The molecular weight excluding hydrogens is 272 g/mol. The van der Waals surface area contributed by atoms with Crippen molar-refractivity contribution in [3.05, 3.63) is 35.4 Å². The summed E-state index contributed by atoms with van der Waals surface area (Å²) in [7, 11) is 0. The molecule has 1 N–H and O–H groups in total. The van der Waals surface area contributed by atoms with Crippen LogP contribution >= 0.6 is 0 Å². The minimum absolute atomic E-state index is 0.134. The highest BCUT2D eigenvalue weighted by molar-refractivity contribution is 5.95. The van der Waals surface area contributed by atoms with Gasteiger partial charge in [-0.3, -0.25) is 4.79 Å². The summed E-state index contributed by atoms with van der Waals surface area (Å²) in [6.07, 6.45) is 10.4. The minimum Gasteiger partial charge on any atom is -0.334 e. The summed E-state index contributed by atoms with van der Waals surface area (Å²) in [6.45, 7) is 2.24. The Bertz CT molecular complexity index is 523. The van der Waals surface area contributed by atoms with Crippen LogP contribution in [0, 0.1) is 11.3 Å². The third-order valence-corrected chi connectivity index (χ3v) is 4.35. The van der Waals surface area contributed by atoms with E-state index in [0.717, 1.165) is 19.3 Å². The Balaban J connectivity index is 1.73. The van der Waals surface area contributed by atoms with E-state index in [-0.39, 0.29) is 5.91 Å². The van der Waals surface area contributed by atoms with Crippen molar-refractivity contribution in [3.8, 4) is 6.07 Å². The highest BCUT2D eigenvalue weighted by Gasteiger charge is 2.44. The van der Waals surface area contributed by atoms with Crippen LogP contribution in [0.4, 0.5) is 0 Å². The van der Waals surface area contributed by atoms with E-state index >= 15 is 0 Å². The van der Waals surface area contributed by atoms with Crippen molar-refractivity contribution in [3.63, 3.8) is 0 Å². The van der Waals surface area contributed by atoms with Gasteiger partial charge in [0.25, 0.3) is 5.91 Å². The molecule has 1 saturated carbocycles. The van der Waals surface area contributed by atoms with Gasteiger partial charge < -0.3 is 5.32 Å². The largest absolute Gasteiger partial charge is 0.334 e. The standard InChI is InChI=1S/C19H26N2O/c1-2-3-4-5-6-7-8-16-9-11-17(12-10-16)18(22)21-19(15-20)13-14-19/h9-12H,2-8,13-14H2,1H3,(H,21,22). The molecule has 3 nitrogen and oxygen atoms in total. The number of aryl methyl sites for hydroxylation is 1. The summed E-state index contributed by atoms with van der Waals surface area (Å²) in [5.41, 5.74) is 1.34. The zero-order chi connectivity index (χ0) is 15.8. The van der Waals surface area contributed by atoms with Gasteiger partial charge in [0.05, 0.1) is 6.07 Å². The van der Waals surface area contributed by atoms with Gasteiger partial charge in [-0.25, -0.2) is 0 Å². The first-order valence-corrected chi connectivity index (χ1v) is 8.52. The third-order valence-electron chi connectivity index (χ3n) is 4.35. The zero-order valence-electron chi connectivity index (χ0n) is 13.5. The Morgan fingerprint density at radius 3 is 2.36 bits per heavy atom. The highest BCUT2D eigenvalue weighted by Crippen LogP contribution is 2.34. The Labute approximate surface area is 133 Å². The molecule has 118 valence electrons. The second-order valence-electron chi connectivity index (χ2n) is 6.36. The molecule has 0 atom stereocenters. The molecule has 1 aliphatic rings. The van der Waals surface area contributed by atoms with Crippen molar-refractivity contribution in [1.82, 2.24) is 5.32 Å². The molecule has 1 amide bonds. The highest BCUT2D eigenvalue weighted by atomic mass is 16.1. The van der Waals surface area contributed by atoms with Gasteiger partial charge in [-0.15, -0.1) is 0 Å². The van der Waals surface area contributed by atoms with E-state index in [0.29, 0.717) is 5.56 Å². The maximum absolute atomic E-state index is 12.1. The molecular formula is C19H26N2O. The minimum atomic E-state index is -0.589. The fourth-order valence-corrected chi connectivity index (χ4v) is 2.61. The van der Waals surface area contributed by atoms with E-state index in [4.69, 9.17) is 5.26 Å². The second-order valence-corrected chi connectivity index (χ2v) is 6.36. The van der Waals surface area contributed by atoms with Crippen LogP contribution in [0.3, 0.4) is 0 Å². The fourth-order valence-electron chi connectivity index (χ4n) is 2.61. The summed E-state index contributed by atoms with van der Waals surface area (Å²) in [5, 5.41) is 11.8. The Hall–Kier alpha value is -1.82. The first-order chi connectivity index (χ1) is 10.7. The van der Waals surface area contributed by atoms with Gasteiger partial charge >= 0.3 is 0 Å². The Kier molecular flexibility index (Phi) is 6.00. The van der Waals surface area contributed by atoms with Crippen molar-refractivity contribution in [2.24, 2.45) is 0 Å². The van der Waals surface area contributed by atoms with E-state index in [9.17, 15) is 4.79 Å². The zero-order valence-corrected chi connectivity index (χ0v) is 13.5. The lowest BCUT2D eigenvalue weighted by Gasteiger charge is -2.09. The van der Waals surface area contributed by atoms with Crippen molar-refractivity contribution in [2.75, 3.05) is 0 Å². The summed E-state index contributed by atoms with van der Waals surface area (Å²) >= 11 is 0. The van der Waals surface area contributed by atoms with Gasteiger partial charge in [0.1, 0.15) is 5.54 Å². The molecule has 0 saturated heterocycles. The van der Waals surface area contributed by atoms with Gasteiger partial charge in [0.2, 0.25) is 0 Å². The number of hydrogen-bond acceptors (Lipinski definition) is 2. The summed E-state index contributed by atoms with van der Waals surface area (Å²) in [4.78, 5) is 12.1. The van der Waals surface area contributed by atoms with Crippen molar-refractivity contribution < 1.29 is 4.79 Å². The molecule has 1 fully saturated rings. The van der Waals surface area contributed by atoms with Crippen LogP contribution in [0.25, 0.3) is 0 Å². The lowest BCUT2D eigenvalue weighted by atomic mass is 10.0. The van der Waals surface area contributed by atoms with E-state index in [1.165, 1.54) is 44.1 Å². The lowest BCUT2D eigenvalue weighted by Crippen LogP contribution is -2.35. The molecule has 0 aliphatic heterocycles. The Morgan fingerprint density at radius 1 is 1.14 bits per heavy atom. The van der Waals surface area contributed by atoms with Crippen molar-refractivity contribution in [2.45, 2.75) is 70.3 Å². The van der Waals surface area contributed by atoms with Crippen LogP contribution in [-0.2, 0) is 6.42 Å². The molecule has 0 heterocycles. The maximum atomic E-state index is 12.1. The fraction of sp³-hybridized carbons (Fsp3) is 0.579. The molecule has 2 rings (SSSR count). The number of nitrogens with one attached hydrogen (secondary N) is 1. The van der Waals surface area contributed by atoms with Gasteiger partial charge in [-0.2, -0.15) is 5.26 Å². The first-order valence-electron chi connectivity index (χ1n) is 8.52. The number of carbonyl (C=O) groups is 1. The molecule has 1 aromatic carbocycles. The number of benzene rings is 1. The SMILES string of the molecule is CCCCCCCCc1ccc(C(=O)NC2(C#N)CC2)cc1. The van der Waals surface area contributed by atoms with E-state index in [1.807, 2.05) is 24.3 Å². The predicted octanol–water partition coefficient (Wildman–Crippen LogP) is 4.38. The van der Waals surface area contributed by atoms with Crippen LogP contribution in [0.15, 0.2) is 24.3 Å². The van der Waals surface area contributed by atoms with Crippen LogP contribution in [0.5, 0.6) is 0 Å². The van der Waals surface area contributed by atoms with E-state index < -0.39 is 5.54 Å². The number of unbranched alkanes of at least 4 members (excludes halogenated alkanes) is 5. The molecule has 0 spiro atoms. The van der Waals surface area contributed by atoms with Crippen molar-refractivity contribution >= 4 is 5.91 Å². The molecule has 0 radical (unpaired) electrons. The summed E-state index contributed by atoms with van der Waals surface area (Å²) in [5.74, 6) is -0.134. The van der Waals surface area contributed by atoms with Gasteiger partial charge in [-0.05, 0) is 43.4 Å². The number of nitrogens with zero attached hydrogens (tertiary/aromatic N) is 1. The quantitative estimate of drug-likeness (QED) is 0.688. The molecule has 0 bridgehead atoms. The van der Waals surface area contributed by atoms with E-state index in [2.05, 4.69) is 18.3 Å². The van der Waals surface area contributed by atoms with Gasteiger partial charge in [-0.1, -0.05) is 51.2 Å². The number of nitriles is 1. The molecule has 3 heteroatoms. The third kappa shape index (κ3) is 4.87. The normalized spacial score (nSPS) is 15.1. The maximum Gasteiger partial charge on any atom is 0.252 e. The van der Waals surface area contributed by atoms with Crippen LogP contribution in [0.2, 0.25) is 0 Å². The molecule has 1 aromatic rings. The summed E-state index contributed by atoms with van der Waals surface area (Å²) < 4.78 is 0. The monoisotopic (exact) mass is 298 g/mol. The smallest absolute Gasteiger partial charge is 0.252 e. The average Bonchev–Trinajstić information content (AvgIpc) is 3.31. The number of amides is 1. The number of rotatable bonds is 9. The Morgan fingerprint density at radius 2 is 1.77 bits per heavy atom. The average molecular weight is 298 g/mol. The second kappa shape index (κ2) is 7.98. The molecule has 1 aliphatic carbocycles. The van der Waals surface area contributed by atoms with Crippen LogP contribution < -0.4 is 5.32 Å². The van der Waals surface area contributed by atoms with Crippen LogP contribution in [0.1, 0.15) is 74.2 Å². The molecule has 22 heavy (non-hydrogen) atoms. The lowest BCUT2D eigenvalue weighted by molar-refractivity contribution is 0.0941. The summed E-state index contributed by atoms with van der Waals surface area (Å²) in [6, 6.07) is 9.99. The van der Waals surface area contributed by atoms with Gasteiger partial charge in [0, 0.05) is 5.56 Å². The van der Waals surface area contributed by atoms with Gasteiger partial charge in [0.15, 0.2) is 0 Å². The number of hydrogen-bond donors (Lipinski definition) is 1. The molecule has 0 aromatic heterocycles. The number of carbonyl (C=O) groups excluding carboxylic acids is 1. The first kappa shape index (κ1) is 16.5. The molecule has 0 unspecified atom stereocenters. The van der Waals surface area contributed by atoms with Crippen molar-refractivity contribution in [1.29, 1.82) is 5.26 Å². The van der Waals surface area contributed by atoms with Crippen LogP contribution in [-0.4, -0.2) is 11.4 Å².